The summed E-state index contributed by atoms with van der Waals surface area (Å²) in [7, 11) is 0. The first kappa shape index (κ1) is 20.0. The highest BCUT2D eigenvalue weighted by Crippen LogP contribution is 2.24. The Balaban J connectivity index is 1.30. The summed E-state index contributed by atoms with van der Waals surface area (Å²) < 4.78 is 7.57. The van der Waals surface area contributed by atoms with E-state index in [-0.39, 0.29) is 5.91 Å². The molecule has 30 heavy (non-hydrogen) atoms. The maximum absolute atomic E-state index is 12.6. The number of furan rings is 1. The monoisotopic (exact) mass is 417 g/mol. The van der Waals surface area contributed by atoms with Crippen molar-refractivity contribution in [1.29, 1.82) is 0 Å². The molecule has 0 aliphatic heterocycles. The lowest BCUT2D eigenvalue weighted by atomic mass is 10.2. The molecule has 0 fully saturated rings. The topological polar surface area (TPSA) is 60.1 Å². The molecule has 2 heterocycles. The van der Waals surface area contributed by atoms with E-state index in [1.54, 1.807) is 24.2 Å². The molecule has 0 aliphatic carbocycles. The molecule has 0 atom stereocenters. The minimum atomic E-state index is -0.190. The number of amides is 1. The number of hydrogen-bond acceptors (Lipinski definition) is 4. The summed E-state index contributed by atoms with van der Waals surface area (Å²) >= 11 is 1.68. The van der Waals surface area contributed by atoms with Gasteiger partial charge in [0.15, 0.2) is 5.76 Å². The first-order chi connectivity index (χ1) is 14.8. The number of nitrogens with one attached hydrogen (secondary N) is 1. The lowest BCUT2D eigenvalue weighted by Gasteiger charge is -2.09. The van der Waals surface area contributed by atoms with Gasteiger partial charge in [0.25, 0.3) is 5.91 Å². The van der Waals surface area contributed by atoms with Gasteiger partial charge in [-0.1, -0.05) is 48.5 Å². The van der Waals surface area contributed by atoms with E-state index < -0.39 is 0 Å². The molecule has 0 saturated heterocycles. The Morgan fingerprint density at radius 1 is 1.03 bits per heavy atom. The molecular weight excluding hydrogens is 394 g/mol. The van der Waals surface area contributed by atoms with Gasteiger partial charge < -0.3 is 14.3 Å². The number of benzene rings is 2. The van der Waals surface area contributed by atoms with E-state index in [1.807, 2.05) is 48.7 Å². The molecule has 0 spiro atoms. The van der Waals surface area contributed by atoms with Crippen LogP contribution in [0, 0.1) is 0 Å². The number of nitrogens with zero attached hydrogens (tertiary/aromatic N) is 2. The van der Waals surface area contributed by atoms with Crippen LogP contribution < -0.4 is 5.32 Å². The zero-order valence-electron chi connectivity index (χ0n) is 16.5. The molecule has 0 radical (unpaired) electrons. The van der Waals surface area contributed by atoms with Crippen LogP contribution in [0.15, 0.2) is 94.7 Å². The van der Waals surface area contributed by atoms with Crippen molar-refractivity contribution in [3.05, 3.63) is 108 Å². The van der Waals surface area contributed by atoms with E-state index in [0.29, 0.717) is 24.5 Å². The Bertz CT molecular complexity index is 1070. The summed E-state index contributed by atoms with van der Waals surface area (Å²) in [6.45, 7) is 1.26. The molecule has 4 aromatic rings. The van der Waals surface area contributed by atoms with Crippen LogP contribution in [-0.2, 0) is 18.7 Å². The van der Waals surface area contributed by atoms with Crippen molar-refractivity contribution in [3.63, 3.8) is 0 Å². The Labute approximate surface area is 180 Å². The molecule has 1 N–H and O–H groups in total. The smallest absolute Gasteiger partial charge is 0.287 e. The fourth-order valence-corrected chi connectivity index (χ4v) is 4.09. The lowest BCUT2D eigenvalue weighted by molar-refractivity contribution is 0.0925. The second-order valence-electron chi connectivity index (χ2n) is 6.84. The van der Waals surface area contributed by atoms with E-state index in [1.165, 1.54) is 5.56 Å². The van der Waals surface area contributed by atoms with Crippen LogP contribution in [0.5, 0.6) is 0 Å². The summed E-state index contributed by atoms with van der Waals surface area (Å²) in [4.78, 5) is 18.2. The molecule has 0 saturated carbocycles. The normalized spacial score (nSPS) is 10.8. The van der Waals surface area contributed by atoms with Crippen LogP contribution in [0.1, 0.15) is 27.5 Å². The number of carbonyl (C=O) groups is 1. The summed E-state index contributed by atoms with van der Waals surface area (Å²) in [6.07, 6.45) is 5.99. The Morgan fingerprint density at radius 2 is 1.80 bits per heavy atom. The van der Waals surface area contributed by atoms with E-state index in [2.05, 4.69) is 39.1 Å². The van der Waals surface area contributed by atoms with Crippen molar-refractivity contribution in [1.82, 2.24) is 14.9 Å². The summed E-state index contributed by atoms with van der Waals surface area (Å²) in [5.74, 6) is 1.82. The van der Waals surface area contributed by atoms with E-state index in [0.717, 1.165) is 22.8 Å². The molecule has 0 unspecified atom stereocenters. The van der Waals surface area contributed by atoms with Gasteiger partial charge >= 0.3 is 0 Å². The predicted octanol–water partition coefficient (Wildman–Crippen LogP) is 4.79. The zero-order chi connectivity index (χ0) is 20.6. The number of rotatable bonds is 9. The van der Waals surface area contributed by atoms with Gasteiger partial charge in [0.1, 0.15) is 5.82 Å². The molecule has 152 valence electrons. The third-order valence-electron chi connectivity index (χ3n) is 4.72. The third-order valence-corrected chi connectivity index (χ3v) is 5.78. The van der Waals surface area contributed by atoms with Crippen molar-refractivity contribution in [3.8, 4) is 0 Å². The number of imidazole rings is 1. The van der Waals surface area contributed by atoms with Crippen molar-refractivity contribution >= 4 is 17.7 Å². The fourth-order valence-electron chi connectivity index (χ4n) is 3.19. The predicted molar refractivity (Wildman–Crippen MR) is 119 cm³/mol. The summed E-state index contributed by atoms with van der Waals surface area (Å²) in [5.41, 5.74) is 2.11. The maximum atomic E-state index is 12.6. The van der Waals surface area contributed by atoms with Crippen LogP contribution in [0.3, 0.4) is 0 Å². The zero-order valence-corrected chi connectivity index (χ0v) is 17.3. The van der Waals surface area contributed by atoms with Crippen LogP contribution in [-0.4, -0.2) is 22.0 Å². The van der Waals surface area contributed by atoms with Gasteiger partial charge in [0, 0.05) is 48.1 Å². The lowest BCUT2D eigenvalue weighted by Crippen LogP contribution is -2.27. The average molecular weight is 418 g/mol. The Morgan fingerprint density at radius 3 is 2.60 bits per heavy atom. The second-order valence-corrected chi connectivity index (χ2v) is 7.89. The molecule has 5 nitrogen and oxygen atoms in total. The number of aromatic nitrogens is 2. The van der Waals surface area contributed by atoms with Crippen molar-refractivity contribution in [2.45, 2.75) is 23.6 Å². The van der Waals surface area contributed by atoms with Gasteiger partial charge in [-0.25, -0.2) is 4.98 Å². The molecule has 0 aliphatic rings. The number of hydrogen-bond donors (Lipinski definition) is 1. The highest BCUT2D eigenvalue weighted by atomic mass is 32.2. The van der Waals surface area contributed by atoms with Crippen LogP contribution in [0.25, 0.3) is 0 Å². The fraction of sp³-hybridized carbons (Fsp3) is 0.167. The minimum Gasteiger partial charge on any atom is -0.459 e. The highest BCUT2D eigenvalue weighted by molar-refractivity contribution is 7.98. The Hall–Kier alpha value is -3.25. The van der Waals surface area contributed by atoms with Gasteiger partial charge in [0.05, 0.1) is 6.26 Å². The molecule has 1 amide bonds. The number of thioether (sulfide) groups is 1. The minimum absolute atomic E-state index is 0.190. The Kier molecular flexibility index (Phi) is 6.67. The average Bonchev–Trinajstić information content (AvgIpc) is 3.43. The van der Waals surface area contributed by atoms with Crippen LogP contribution >= 0.6 is 11.8 Å². The molecular formula is C24H23N3O2S. The summed E-state index contributed by atoms with van der Waals surface area (Å²) in [6, 6.07) is 22.2. The van der Waals surface area contributed by atoms with Gasteiger partial charge in [-0.05, 0) is 23.8 Å². The van der Waals surface area contributed by atoms with Crippen LogP contribution in [0.2, 0.25) is 0 Å². The van der Waals surface area contributed by atoms with Crippen molar-refractivity contribution in [2.75, 3.05) is 6.54 Å². The van der Waals surface area contributed by atoms with Gasteiger partial charge in [-0.3, -0.25) is 4.79 Å². The highest BCUT2D eigenvalue weighted by Gasteiger charge is 2.15. The molecule has 6 heteroatoms. The second kappa shape index (κ2) is 9.98. The quantitative estimate of drug-likeness (QED) is 0.398. The van der Waals surface area contributed by atoms with E-state index >= 15 is 0 Å². The first-order valence-corrected chi connectivity index (χ1v) is 10.8. The van der Waals surface area contributed by atoms with E-state index in [9.17, 15) is 4.79 Å². The molecule has 2 aromatic heterocycles. The van der Waals surface area contributed by atoms with Gasteiger partial charge in [-0.15, -0.1) is 11.8 Å². The largest absolute Gasteiger partial charge is 0.459 e. The van der Waals surface area contributed by atoms with Crippen molar-refractivity contribution < 1.29 is 9.21 Å². The van der Waals surface area contributed by atoms with Gasteiger partial charge in [0.2, 0.25) is 0 Å². The molecule has 4 rings (SSSR count). The molecule has 0 bridgehead atoms. The van der Waals surface area contributed by atoms with Gasteiger partial charge in [-0.2, -0.15) is 0 Å². The number of carbonyl (C=O) groups excluding carboxylic acids is 1. The first-order valence-electron chi connectivity index (χ1n) is 9.86. The SMILES string of the molecule is O=C(NCCc1nccn1Cc1ccccc1)c1occc1CSc1ccccc1. The van der Waals surface area contributed by atoms with E-state index in [4.69, 9.17) is 4.42 Å². The van der Waals surface area contributed by atoms with Crippen LogP contribution in [0.4, 0.5) is 0 Å². The third kappa shape index (κ3) is 5.21. The van der Waals surface area contributed by atoms with Crippen molar-refractivity contribution in [2.24, 2.45) is 0 Å². The standard InChI is InChI=1S/C24H23N3O2S/c28-24(23-20(12-16-29-23)18-30-21-9-5-2-6-10-21)26-13-11-22-25-14-15-27(22)17-19-7-3-1-4-8-19/h1-10,12,14-16H,11,13,17-18H2,(H,26,28). The molecule has 2 aromatic carbocycles. The summed E-state index contributed by atoms with van der Waals surface area (Å²) in [5, 5.41) is 2.96. The maximum Gasteiger partial charge on any atom is 0.287 e.